The third-order valence-electron chi connectivity index (χ3n) is 5.66. The number of piperazine rings is 1. The minimum absolute atomic E-state index is 0.159. The molecule has 1 aliphatic rings. The summed E-state index contributed by atoms with van der Waals surface area (Å²) < 4.78 is 11.2. The topological polar surface area (TPSA) is 67.8 Å². The molecule has 0 bridgehead atoms. The molecule has 1 aliphatic heterocycles. The maximum absolute atomic E-state index is 12.8. The second kappa shape index (κ2) is 9.68. The lowest BCUT2D eigenvalue weighted by molar-refractivity contribution is -0.130. The number of methoxy groups -OCH3 is 1. The molecule has 1 fully saturated rings. The summed E-state index contributed by atoms with van der Waals surface area (Å²) in [5.41, 5.74) is 3.03. The van der Waals surface area contributed by atoms with E-state index in [0.29, 0.717) is 50.7 Å². The third kappa shape index (κ3) is 4.66. The van der Waals surface area contributed by atoms with Crippen LogP contribution in [0, 0.1) is 6.92 Å². The van der Waals surface area contributed by atoms with Crippen LogP contribution in [-0.2, 0) is 11.2 Å². The van der Waals surface area contributed by atoms with E-state index in [-0.39, 0.29) is 5.91 Å². The minimum atomic E-state index is 0.159. The van der Waals surface area contributed by atoms with Gasteiger partial charge in [0, 0.05) is 37.6 Å². The second-order valence-corrected chi connectivity index (χ2v) is 7.85. The monoisotopic (exact) mass is 432 g/mol. The number of fused-ring (bicyclic) bond motifs is 1. The molecule has 0 spiro atoms. The predicted molar refractivity (Wildman–Crippen MR) is 125 cm³/mol. The summed E-state index contributed by atoms with van der Waals surface area (Å²) in [6, 6.07) is 11.9. The molecule has 0 N–H and O–H groups in total. The van der Waals surface area contributed by atoms with Crippen molar-refractivity contribution in [3.8, 4) is 11.5 Å². The quantitative estimate of drug-likeness (QED) is 0.533. The molecule has 166 valence electrons. The number of ether oxygens (including phenoxy) is 2. The van der Waals surface area contributed by atoms with Crippen molar-refractivity contribution in [3.05, 3.63) is 66.5 Å². The zero-order chi connectivity index (χ0) is 22.5. The molecule has 2 heterocycles. The van der Waals surface area contributed by atoms with Gasteiger partial charge in [0.2, 0.25) is 5.91 Å². The maximum Gasteiger partial charge on any atom is 0.227 e. The van der Waals surface area contributed by atoms with Crippen LogP contribution in [0.15, 0.2) is 55.4 Å². The molecule has 7 nitrogen and oxygen atoms in total. The lowest BCUT2D eigenvalue weighted by Crippen LogP contribution is -2.49. The van der Waals surface area contributed by atoms with Gasteiger partial charge in [-0.1, -0.05) is 42.5 Å². The Morgan fingerprint density at radius 2 is 1.84 bits per heavy atom. The Labute approximate surface area is 188 Å². The number of benzene rings is 2. The summed E-state index contributed by atoms with van der Waals surface area (Å²) in [5.74, 6) is 2.25. The molecule has 0 radical (unpaired) electrons. The average molecular weight is 433 g/mol. The minimum Gasteiger partial charge on any atom is -0.493 e. The Kier molecular flexibility index (Phi) is 6.54. The van der Waals surface area contributed by atoms with Gasteiger partial charge in [-0.25, -0.2) is 9.97 Å². The first-order valence-corrected chi connectivity index (χ1v) is 10.7. The van der Waals surface area contributed by atoms with Crippen molar-refractivity contribution >= 4 is 22.6 Å². The molecule has 2 aromatic carbocycles. The van der Waals surface area contributed by atoms with Gasteiger partial charge in [-0.3, -0.25) is 4.79 Å². The van der Waals surface area contributed by atoms with Gasteiger partial charge >= 0.3 is 0 Å². The molecular weight excluding hydrogens is 404 g/mol. The molecule has 7 heteroatoms. The van der Waals surface area contributed by atoms with Crippen molar-refractivity contribution in [1.82, 2.24) is 14.9 Å². The van der Waals surface area contributed by atoms with Crippen LogP contribution >= 0.6 is 0 Å². The van der Waals surface area contributed by atoms with Crippen molar-refractivity contribution in [1.29, 1.82) is 0 Å². The summed E-state index contributed by atoms with van der Waals surface area (Å²) >= 11 is 0. The Morgan fingerprint density at radius 3 is 2.53 bits per heavy atom. The second-order valence-electron chi connectivity index (χ2n) is 7.85. The standard InChI is InChI=1S/C25H28N4O3/c1-4-13-32-23-16-21-20(15-22(23)31-3)25(27-17-26-21)29-11-9-28(10-12-29)24(30)14-19-7-5-18(2)6-8-19/h4-8,15-17H,1,9-14H2,2-3H3. The molecule has 32 heavy (non-hydrogen) atoms. The highest BCUT2D eigenvalue weighted by Gasteiger charge is 2.24. The van der Waals surface area contributed by atoms with Gasteiger partial charge in [0.25, 0.3) is 0 Å². The van der Waals surface area contributed by atoms with Gasteiger partial charge in [0.15, 0.2) is 11.5 Å². The van der Waals surface area contributed by atoms with Crippen LogP contribution < -0.4 is 14.4 Å². The van der Waals surface area contributed by atoms with Gasteiger partial charge in [0.1, 0.15) is 18.8 Å². The molecule has 1 aromatic heterocycles. The Bertz CT molecular complexity index is 1110. The number of aromatic nitrogens is 2. The number of carbonyl (C=O) groups excluding carboxylic acids is 1. The molecule has 0 saturated carbocycles. The van der Waals surface area contributed by atoms with Crippen LogP contribution in [0.25, 0.3) is 10.9 Å². The molecule has 1 saturated heterocycles. The predicted octanol–water partition coefficient (Wildman–Crippen LogP) is 3.40. The maximum atomic E-state index is 12.8. The van der Waals surface area contributed by atoms with Crippen molar-refractivity contribution in [2.75, 3.05) is 44.8 Å². The molecule has 0 atom stereocenters. The lowest BCUT2D eigenvalue weighted by atomic mass is 10.1. The van der Waals surface area contributed by atoms with Gasteiger partial charge in [-0.05, 0) is 18.6 Å². The first-order chi connectivity index (χ1) is 15.6. The fraction of sp³-hybridized carbons (Fsp3) is 0.320. The summed E-state index contributed by atoms with van der Waals surface area (Å²) in [7, 11) is 1.61. The van der Waals surface area contributed by atoms with E-state index >= 15 is 0 Å². The number of nitrogens with zero attached hydrogens (tertiary/aromatic N) is 4. The fourth-order valence-electron chi connectivity index (χ4n) is 3.88. The average Bonchev–Trinajstić information content (AvgIpc) is 2.83. The van der Waals surface area contributed by atoms with Gasteiger partial charge < -0.3 is 19.3 Å². The van der Waals surface area contributed by atoms with E-state index in [1.54, 1.807) is 19.5 Å². The van der Waals surface area contributed by atoms with E-state index in [4.69, 9.17) is 9.47 Å². The first kappa shape index (κ1) is 21.6. The van der Waals surface area contributed by atoms with Crippen molar-refractivity contribution in [3.63, 3.8) is 0 Å². The SMILES string of the molecule is C=CCOc1cc2ncnc(N3CCN(C(=O)Cc4ccc(C)cc4)CC3)c2cc1OC. The van der Waals surface area contributed by atoms with E-state index in [9.17, 15) is 4.79 Å². The first-order valence-electron chi connectivity index (χ1n) is 10.7. The number of amides is 1. The Hall–Kier alpha value is -3.61. The van der Waals surface area contributed by atoms with Crippen LogP contribution in [0.4, 0.5) is 5.82 Å². The summed E-state index contributed by atoms with van der Waals surface area (Å²) in [5, 5.41) is 0.898. The normalized spacial score (nSPS) is 13.8. The molecule has 0 unspecified atom stereocenters. The Morgan fingerprint density at radius 1 is 1.09 bits per heavy atom. The van der Waals surface area contributed by atoms with Crippen molar-refractivity contribution in [2.45, 2.75) is 13.3 Å². The van der Waals surface area contributed by atoms with Crippen LogP contribution in [0.1, 0.15) is 11.1 Å². The lowest BCUT2D eigenvalue weighted by Gasteiger charge is -2.36. The van der Waals surface area contributed by atoms with E-state index in [0.717, 1.165) is 22.3 Å². The number of hydrogen-bond donors (Lipinski definition) is 0. The summed E-state index contributed by atoms with van der Waals surface area (Å²) in [4.78, 5) is 25.8. The fourth-order valence-corrected chi connectivity index (χ4v) is 3.88. The zero-order valence-corrected chi connectivity index (χ0v) is 18.6. The van der Waals surface area contributed by atoms with Crippen LogP contribution in [0.3, 0.4) is 0 Å². The number of anilines is 1. The van der Waals surface area contributed by atoms with E-state index in [2.05, 4.69) is 21.4 Å². The third-order valence-corrected chi connectivity index (χ3v) is 5.66. The number of carbonyl (C=O) groups is 1. The van der Waals surface area contributed by atoms with E-state index < -0.39 is 0 Å². The summed E-state index contributed by atoms with van der Waals surface area (Å²) in [6.45, 7) is 8.87. The van der Waals surface area contributed by atoms with E-state index in [1.165, 1.54) is 5.56 Å². The van der Waals surface area contributed by atoms with Crippen LogP contribution in [0.2, 0.25) is 0 Å². The largest absolute Gasteiger partial charge is 0.493 e. The molecular formula is C25H28N4O3. The number of rotatable bonds is 7. The summed E-state index contributed by atoms with van der Waals surface area (Å²) in [6.07, 6.45) is 3.69. The smallest absolute Gasteiger partial charge is 0.227 e. The van der Waals surface area contributed by atoms with Crippen molar-refractivity contribution in [2.24, 2.45) is 0 Å². The van der Waals surface area contributed by atoms with Crippen molar-refractivity contribution < 1.29 is 14.3 Å². The van der Waals surface area contributed by atoms with Gasteiger partial charge in [-0.15, -0.1) is 0 Å². The number of hydrogen-bond acceptors (Lipinski definition) is 6. The van der Waals surface area contributed by atoms with Gasteiger partial charge in [-0.2, -0.15) is 0 Å². The van der Waals surface area contributed by atoms with Crippen LogP contribution in [0.5, 0.6) is 11.5 Å². The molecule has 0 aliphatic carbocycles. The molecule has 3 aromatic rings. The highest BCUT2D eigenvalue weighted by Crippen LogP contribution is 2.35. The highest BCUT2D eigenvalue weighted by molar-refractivity contribution is 5.92. The van der Waals surface area contributed by atoms with Crippen LogP contribution in [-0.4, -0.2) is 60.7 Å². The Balaban J connectivity index is 1.48. The van der Waals surface area contributed by atoms with Gasteiger partial charge in [0.05, 0.1) is 19.0 Å². The zero-order valence-electron chi connectivity index (χ0n) is 18.6. The molecule has 1 amide bonds. The highest BCUT2D eigenvalue weighted by atomic mass is 16.5. The van der Waals surface area contributed by atoms with E-state index in [1.807, 2.05) is 48.2 Å². The molecule has 4 rings (SSSR count). The number of aryl methyl sites for hydroxylation is 1.